The summed E-state index contributed by atoms with van der Waals surface area (Å²) >= 11 is 0. The zero-order valence-corrected chi connectivity index (χ0v) is 11.0. The van der Waals surface area contributed by atoms with Crippen LogP contribution < -0.4 is 10.6 Å². The van der Waals surface area contributed by atoms with Crippen LogP contribution in [0.3, 0.4) is 0 Å². The summed E-state index contributed by atoms with van der Waals surface area (Å²) in [7, 11) is 3.23. The van der Waals surface area contributed by atoms with Gasteiger partial charge in [0.05, 0.1) is 16.8 Å². The van der Waals surface area contributed by atoms with Gasteiger partial charge in [0.1, 0.15) is 5.69 Å². The molecule has 104 valence electrons. The van der Waals surface area contributed by atoms with Crippen LogP contribution >= 0.6 is 0 Å². The minimum atomic E-state index is -0.508. The molecule has 0 unspecified atom stereocenters. The number of anilines is 2. The minimum Gasteiger partial charge on any atom is -0.355 e. The molecule has 1 aromatic heterocycles. The van der Waals surface area contributed by atoms with E-state index in [2.05, 4.69) is 15.7 Å². The average Bonchev–Trinajstić information content (AvgIpc) is 2.82. The number of nitrogens with one attached hydrogen (secondary N) is 2. The van der Waals surface area contributed by atoms with Gasteiger partial charge in [-0.3, -0.25) is 19.6 Å². The topological polar surface area (TPSA) is 102 Å². The molecule has 0 aliphatic heterocycles. The second-order valence-corrected chi connectivity index (χ2v) is 4.10. The number of benzene rings is 1. The molecule has 0 bridgehead atoms. The number of nitrogens with zero attached hydrogens (tertiary/aromatic N) is 3. The standard InChI is InChI=1S/C12H13N5O3/c1-13-12(18)8-3-4-11(17(19)20)10(5-8)15-9-6-14-16(2)7-9/h3-7,15H,1-2H3,(H,13,18). The van der Waals surface area contributed by atoms with Crippen molar-refractivity contribution in [3.05, 3.63) is 46.3 Å². The Morgan fingerprint density at radius 2 is 2.20 bits per heavy atom. The van der Waals surface area contributed by atoms with Gasteiger partial charge < -0.3 is 10.6 Å². The Morgan fingerprint density at radius 1 is 1.45 bits per heavy atom. The van der Waals surface area contributed by atoms with Crippen molar-refractivity contribution >= 4 is 23.0 Å². The Hall–Kier alpha value is -2.90. The van der Waals surface area contributed by atoms with Crippen LogP contribution in [0, 0.1) is 10.1 Å². The number of aryl methyl sites for hydroxylation is 1. The molecule has 0 saturated carbocycles. The second-order valence-electron chi connectivity index (χ2n) is 4.10. The molecule has 0 aliphatic carbocycles. The summed E-state index contributed by atoms with van der Waals surface area (Å²) in [6, 6.07) is 4.14. The van der Waals surface area contributed by atoms with Crippen molar-refractivity contribution in [2.75, 3.05) is 12.4 Å². The number of nitro groups is 1. The maximum atomic E-state index is 11.6. The summed E-state index contributed by atoms with van der Waals surface area (Å²) in [5.74, 6) is -0.311. The van der Waals surface area contributed by atoms with Crippen LogP contribution in [0.2, 0.25) is 0 Å². The van der Waals surface area contributed by atoms with Gasteiger partial charge in [0, 0.05) is 31.9 Å². The number of carbonyl (C=O) groups is 1. The molecule has 2 N–H and O–H groups in total. The molecule has 8 heteroatoms. The highest BCUT2D eigenvalue weighted by Crippen LogP contribution is 2.28. The molecule has 0 aliphatic rings. The first kappa shape index (κ1) is 13.5. The molecule has 0 saturated heterocycles. The molecule has 1 aromatic carbocycles. The third kappa shape index (κ3) is 2.74. The molecule has 0 fully saturated rings. The van der Waals surface area contributed by atoms with Gasteiger partial charge in [0.15, 0.2) is 0 Å². The molecule has 1 amide bonds. The number of hydrogen-bond acceptors (Lipinski definition) is 5. The van der Waals surface area contributed by atoms with Crippen molar-refractivity contribution in [1.82, 2.24) is 15.1 Å². The van der Waals surface area contributed by atoms with Crippen molar-refractivity contribution < 1.29 is 9.72 Å². The summed E-state index contributed by atoms with van der Waals surface area (Å²) in [5.41, 5.74) is 1.07. The third-order valence-electron chi connectivity index (χ3n) is 2.67. The fourth-order valence-corrected chi connectivity index (χ4v) is 1.72. The van der Waals surface area contributed by atoms with E-state index in [1.54, 1.807) is 17.9 Å². The number of carbonyl (C=O) groups excluding carboxylic acids is 1. The SMILES string of the molecule is CNC(=O)c1ccc([N+](=O)[O-])c(Nc2cnn(C)c2)c1. The fourth-order valence-electron chi connectivity index (χ4n) is 1.72. The van der Waals surface area contributed by atoms with Gasteiger partial charge in [-0.05, 0) is 12.1 Å². The Bertz CT molecular complexity index is 665. The fraction of sp³-hybridized carbons (Fsp3) is 0.167. The molecule has 2 rings (SSSR count). The maximum absolute atomic E-state index is 11.6. The van der Waals surface area contributed by atoms with Crippen LogP contribution in [0.4, 0.5) is 17.1 Å². The van der Waals surface area contributed by atoms with E-state index in [0.717, 1.165) is 0 Å². The lowest BCUT2D eigenvalue weighted by Gasteiger charge is -2.07. The number of nitro benzene ring substituents is 1. The van der Waals surface area contributed by atoms with Crippen molar-refractivity contribution in [1.29, 1.82) is 0 Å². The monoisotopic (exact) mass is 275 g/mol. The summed E-state index contributed by atoms with van der Waals surface area (Å²) in [4.78, 5) is 22.1. The van der Waals surface area contributed by atoms with Crippen molar-refractivity contribution in [3.63, 3.8) is 0 Å². The van der Waals surface area contributed by atoms with Gasteiger partial charge in [0.2, 0.25) is 0 Å². The number of rotatable bonds is 4. The third-order valence-corrected chi connectivity index (χ3v) is 2.67. The molecular weight excluding hydrogens is 262 g/mol. The molecule has 0 atom stereocenters. The maximum Gasteiger partial charge on any atom is 0.292 e. The normalized spacial score (nSPS) is 10.1. The largest absolute Gasteiger partial charge is 0.355 e. The Kier molecular flexibility index (Phi) is 3.65. The van der Waals surface area contributed by atoms with Gasteiger partial charge in [-0.2, -0.15) is 5.10 Å². The second kappa shape index (κ2) is 5.39. The van der Waals surface area contributed by atoms with E-state index in [1.165, 1.54) is 31.4 Å². The van der Waals surface area contributed by atoms with E-state index in [9.17, 15) is 14.9 Å². The quantitative estimate of drug-likeness (QED) is 0.649. The summed E-state index contributed by atoms with van der Waals surface area (Å²) < 4.78 is 1.57. The van der Waals surface area contributed by atoms with Gasteiger partial charge in [0.25, 0.3) is 11.6 Å². The zero-order chi connectivity index (χ0) is 14.7. The first-order valence-corrected chi connectivity index (χ1v) is 5.77. The van der Waals surface area contributed by atoms with E-state index in [0.29, 0.717) is 11.3 Å². The first-order chi connectivity index (χ1) is 9.51. The van der Waals surface area contributed by atoms with Crippen molar-refractivity contribution in [2.24, 2.45) is 7.05 Å². The molecular formula is C12H13N5O3. The summed E-state index contributed by atoms with van der Waals surface area (Å²) in [6.07, 6.45) is 3.21. The molecule has 0 spiro atoms. The highest BCUT2D eigenvalue weighted by atomic mass is 16.6. The molecule has 1 heterocycles. The lowest BCUT2D eigenvalue weighted by atomic mass is 10.1. The number of hydrogen-bond donors (Lipinski definition) is 2. The van der Waals surface area contributed by atoms with Crippen LogP contribution in [0.5, 0.6) is 0 Å². The van der Waals surface area contributed by atoms with Crippen LogP contribution in [0.15, 0.2) is 30.6 Å². The van der Waals surface area contributed by atoms with E-state index >= 15 is 0 Å². The Morgan fingerprint density at radius 3 is 2.75 bits per heavy atom. The van der Waals surface area contributed by atoms with Gasteiger partial charge in [-0.25, -0.2) is 0 Å². The molecule has 20 heavy (non-hydrogen) atoms. The summed E-state index contributed by atoms with van der Waals surface area (Å²) in [5, 5.41) is 20.3. The average molecular weight is 275 g/mol. The van der Waals surface area contributed by atoms with Crippen LogP contribution in [-0.4, -0.2) is 27.7 Å². The Labute approximate surface area is 114 Å². The summed E-state index contributed by atoms with van der Waals surface area (Å²) in [6.45, 7) is 0. The molecule has 8 nitrogen and oxygen atoms in total. The van der Waals surface area contributed by atoms with Crippen molar-refractivity contribution in [3.8, 4) is 0 Å². The van der Waals surface area contributed by atoms with Crippen LogP contribution in [0.1, 0.15) is 10.4 Å². The van der Waals surface area contributed by atoms with Gasteiger partial charge in [-0.15, -0.1) is 0 Å². The lowest BCUT2D eigenvalue weighted by Crippen LogP contribution is -2.17. The minimum absolute atomic E-state index is 0.110. The van der Waals surface area contributed by atoms with Crippen molar-refractivity contribution in [2.45, 2.75) is 0 Å². The van der Waals surface area contributed by atoms with Crippen LogP contribution in [0.25, 0.3) is 0 Å². The number of amides is 1. The zero-order valence-electron chi connectivity index (χ0n) is 11.0. The van der Waals surface area contributed by atoms with Crippen LogP contribution in [-0.2, 0) is 7.05 Å². The highest BCUT2D eigenvalue weighted by Gasteiger charge is 2.17. The first-order valence-electron chi connectivity index (χ1n) is 5.77. The predicted molar refractivity (Wildman–Crippen MR) is 73.0 cm³/mol. The van der Waals surface area contributed by atoms with E-state index in [-0.39, 0.29) is 17.3 Å². The molecule has 0 radical (unpaired) electrons. The molecule has 2 aromatic rings. The lowest BCUT2D eigenvalue weighted by molar-refractivity contribution is -0.383. The van der Waals surface area contributed by atoms with E-state index in [1.807, 2.05) is 0 Å². The predicted octanol–water partition coefficient (Wildman–Crippen LogP) is 1.43. The number of aromatic nitrogens is 2. The van der Waals surface area contributed by atoms with Gasteiger partial charge >= 0.3 is 0 Å². The Balaban J connectivity index is 2.41. The van der Waals surface area contributed by atoms with E-state index in [4.69, 9.17) is 0 Å². The smallest absolute Gasteiger partial charge is 0.292 e. The van der Waals surface area contributed by atoms with E-state index < -0.39 is 4.92 Å². The highest BCUT2D eigenvalue weighted by molar-refractivity contribution is 5.96. The van der Waals surface area contributed by atoms with Gasteiger partial charge in [-0.1, -0.05) is 0 Å².